The Balaban J connectivity index is 2.98. The number of rotatable bonds is 3. The van der Waals surface area contributed by atoms with Crippen LogP contribution in [0.4, 0.5) is 0 Å². The van der Waals surface area contributed by atoms with Crippen molar-refractivity contribution >= 4 is 11.6 Å². The molecule has 0 fully saturated rings. The second kappa shape index (κ2) is 4.73. The zero-order chi connectivity index (χ0) is 10.6. The summed E-state index contributed by atoms with van der Waals surface area (Å²) in [6.45, 7) is 2.50. The maximum atomic E-state index is 9.35. The molecule has 0 heterocycles. The molecule has 14 heavy (non-hydrogen) atoms. The first-order valence-corrected chi connectivity index (χ1v) is 4.62. The van der Waals surface area contributed by atoms with Crippen LogP contribution < -0.4 is 4.74 Å². The van der Waals surface area contributed by atoms with Crippen molar-refractivity contribution in [2.45, 2.75) is 13.3 Å². The first kappa shape index (κ1) is 10.7. The first-order chi connectivity index (χ1) is 6.69. The minimum atomic E-state index is -0.108. The molecule has 0 spiro atoms. The summed E-state index contributed by atoms with van der Waals surface area (Å²) in [6, 6.07) is 4.58. The van der Waals surface area contributed by atoms with Crippen LogP contribution in [0.3, 0.4) is 0 Å². The highest BCUT2D eigenvalue weighted by Gasteiger charge is 2.08. The fraction of sp³-hybridized carbons (Fsp3) is 0.300. The van der Waals surface area contributed by atoms with Gasteiger partial charge in [0.2, 0.25) is 0 Å². The summed E-state index contributed by atoms with van der Waals surface area (Å²) in [5, 5.41) is 18.3. The number of aromatic hydroxyl groups is 1. The van der Waals surface area contributed by atoms with Crippen LogP contribution in [0.5, 0.6) is 11.5 Å². The van der Waals surface area contributed by atoms with E-state index in [2.05, 4.69) is 0 Å². The van der Waals surface area contributed by atoms with E-state index in [-0.39, 0.29) is 11.3 Å². The second-order valence-corrected chi connectivity index (χ2v) is 3.17. The first-order valence-electron chi connectivity index (χ1n) is 4.24. The Kier molecular flexibility index (Phi) is 3.61. The fourth-order valence-electron chi connectivity index (χ4n) is 0.955. The van der Waals surface area contributed by atoms with Gasteiger partial charge in [0.1, 0.15) is 17.6 Å². The molecule has 0 amide bonds. The SMILES string of the molecule is CCCOc1cc(O)c(C#N)cc1Cl. The summed E-state index contributed by atoms with van der Waals surface area (Å²) in [5.74, 6) is 0.299. The normalized spacial score (nSPS) is 9.50. The highest BCUT2D eigenvalue weighted by atomic mass is 35.5. The maximum absolute atomic E-state index is 9.35. The van der Waals surface area contributed by atoms with E-state index in [1.165, 1.54) is 12.1 Å². The lowest BCUT2D eigenvalue weighted by Crippen LogP contribution is -1.95. The Bertz CT molecular complexity index is 371. The summed E-state index contributed by atoms with van der Waals surface area (Å²) < 4.78 is 5.26. The smallest absolute Gasteiger partial charge is 0.141 e. The molecule has 0 bridgehead atoms. The molecule has 0 aliphatic rings. The van der Waals surface area contributed by atoms with Gasteiger partial charge in [-0.15, -0.1) is 0 Å². The lowest BCUT2D eigenvalue weighted by molar-refractivity contribution is 0.315. The molecule has 0 unspecified atom stereocenters. The van der Waals surface area contributed by atoms with E-state index in [9.17, 15) is 5.11 Å². The predicted molar refractivity (Wildman–Crippen MR) is 53.6 cm³/mol. The van der Waals surface area contributed by atoms with E-state index >= 15 is 0 Å². The minimum absolute atomic E-state index is 0.108. The van der Waals surface area contributed by atoms with Gasteiger partial charge in [-0.05, 0) is 12.5 Å². The van der Waals surface area contributed by atoms with Gasteiger partial charge in [-0.3, -0.25) is 0 Å². The van der Waals surface area contributed by atoms with Crippen LogP contribution in [0.2, 0.25) is 5.02 Å². The van der Waals surface area contributed by atoms with E-state index in [1.807, 2.05) is 13.0 Å². The van der Waals surface area contributed by atoms with Gasteiger partial charge in [0.15, 0.2) is 0 Å². The van der Waals surface area contributed by atoms with Gasteiger partial charge in [0.25, 0.3) is 0 Å². The lowest BCUT2D eigenvalue weighted by Gasteiger charge is -2.07. The van der Waals surface area contributed by atoms with Crippen molar-refractivity contribution in [2.24, 2.45) is 0 Å². The Morgan fingerprint density at radius 2 is 2.29 bits per heavy atom. The van der Waals surface area contributed by atoms with Crippen molar-refractivity contribution in [3.05, 3.63) is 22.7 Å². The Labute approximate surface area is 87.5 Å². The van der Waals surface area contributed by atoms with Crippen LogP contribution >= 0.6 is 11.6 Å². The van der Waals surface area contributed by atoms with E-state index in [1.54, 1.807) is 0 Å². The van der Waals surface area contributed by atoms with Gasteiger partial charge >= 0.3 is 0 Å². The summed E-state index contributed by atoms with van der Waals surface area (Å²) in [4.78, 5) is 0. The van der Waals surface area contributed by atoms with Crippen molar-refractivity contribution in [3.63, 3.8) is 0 Å². The van der Waals surface area contributed by atoms with Crippen LogP contribution in [0.1, 0.15) is 18.9 Å². The molecule has 74 valence electrons. The molecule has 0 aliphatic carbocycles. The summed E-state index contributed by atoms with van der Waals surface area (Å²) in [7, 11) is 0. The standard InChI is InChI=1S/C10H10ClNO2/c1-2-3-14-10-5-9(13)7(6-12)4-8(10)11/h4-5,13H,2-3H2,1H3. The van der Waals surface area contributed by atoms with E-state index < -0.39 is 0 Å². The third-order valence-corrected chi connectivity index (χ3v) is 1.93. The Morgan fingerprint density at radius 1 is 1.57 bits per heavy atom. The third kappa shape index (κ3) is 2.30. The summed E-state index contributed by atoms with van der Waals surface area (Å²) in [5.41, 5.74) is 0.152. The van der Waals surface area contributed by atoms with Crippen LogP contribution in [0.25, 0.3) is 0 Å². The van der Waals surface area contributed by atoms with Crippen LogP contribution in [0.15, 0.2) is 12.1 Å². The molecule has 3 nitrogen and oxygen atoms in total. The molecular weight excluding hydrogens is 202 g/mol. The van der Waals surface area contributed by atoms with Crippen molar-refractivity contribution in [2.75, 3.05) is 6.61 Å². The molecule has 1 aromatic rings. The number of phenols is 1. The maximum Gasteiger partial charge on any atom is 0.141 e. The quantitative estimate of drug-likeness (QED) is 0.837. The predicted octanol–water partition coefficient (Wildman–Crippen LogP) is 2.71. The molecular formula is C10H10ClNO2. The number of phenolic OH excluding ortho intramolecular Hbond substituents is 1. The van der Waals surface area contributed by atoms with Gasteiger partial charge in [-0.1, -0.05) is 18.5 Å². The van der Waals surface area contributed by atoms with Crippen LogP contribution in [-0.2, 0) is 0 Å². The minimum Gasteiger partial charge on any atom is -0.506 e. The number of nitrogens with zero attached hydrogens (tertiary/aromatic N) is 1. The number of benzene rings is 1. The highest BCUT2D eigenvalue weighted by Crippen LogP contribution is 2.31. The second-order valence-electron chi connectivity index (χ2n) is 2.76. The van der Waals surface area contributed by atoms with Crippen molar-refractivity contribution < 1.29 is 9.84 Å². The van der Waals surface area contributed by atoms with Gasteiger partial charge in [0.05, 0.1) is 17.2 Å². The molecule has 1 aromatic carbocycles. The average Bonchev–Trinajstić information content (AvgIpc) is 2.18. The molecule has 0 aromatic heterocycles. The summed E-state index contributed by atoms with van der Waals surface area (Å²) >= 11 is 5.83. The number of ether oxygens (including phenoxy) is 1. The number of hydrogen-bond acceptors (Lipinski definition) is 3. The van der Waals surface area contributed by atoms with E-state index in [0.717, 1.165) is 6.42 Å². The zero-order valence-corrected chi connectivity index (χ0v) is 8.51. The highest BCUT2D eigenvalue weighted by molar-refractivity contribution is 6.32. The van der Waals surface area contributed by atoms with Crippen LogP contribution in [-0.4, -0.2) is 11.7 Å². The van der Waals surface area contributed by atoms with Crippen molar-refractivity contribution in [1.82, 2.24) is 0 Å². The molecule has 1 N–H and O–H groups in total. The van der Waals surface area contributed by atoms with E-state index in [0.29, 0.717) is 17.4 Å². The van der Waals surface area contributed by atoms with Crippen molar-refractivity contribution in [1.29, 1.82) is 5.26 Å². The molecule has 1 rings (SSSR count). The number of hydrogen-bond donors (Lipinski definition) is 1. The average molecular weight is 212 g/mol. The van der Waals surface area contributed by atoms with Crippen LogP contribution in [0, 0.1) is 11.3 Å². The lowest BCUT2D eigenvalue weighted by atomic mass is 10.2. The molecule has 0 radical (unpaired) electrons. The Hall–Kier alpha value is -1.40. The summed E-state index contributed by atoms with van der Waals surface area (Å²) in [6.07, 6.45) is 0.858. The molecule has 0 atom stereocenters. The molecule has 0 saturated heterocycles. The molecule has 0 saturated carbocycles. The fourth-order valence-corrected chi connectivity index (χ4v) is 1.17. The zero-order valence-electron chi connectivity index (χ0n) is 7.75. The third-order valence-electron chi connectivity index (χ3n) is 1.63. The largest absolute Gasteiger partial charge is 0.506 e. The molecule has 4 heteroatoms. The van der Waals surface area contributed by atoms with Crippen molar-refractivity contribution in [3.8, 4) is 17.6 Å². The van der Waals surface area contributed by atoms with Gasteiger partial charge in [-0.25, -0.2) is 0 Å². The Morgan fingerprint density at radius 3 is 2.86 bits per heavy atom. The number of nitriles is 1. The van der Waals surface area contributed by atoms with E-state index in [4.69, 9.17) is 21.6 Å². The van der Waals surface area contributed by atoms with Gasteiger partial charge in [-0.2, -0.15) is 5.26 Å². The molecule has 0 aliphatic heterocycles. The van der Waals surface area contributed by atoms with Gasteiger partial charge in [0, 0.05) is 6.07 Å². The van der Waals surface area contributed by atoms with Gasteiger partial charge < -0.3 is 9.84 Å². The number of halogens is 1. The monoisotopic (exact) mass is 211 g/mol. The topological polar surface area (TPSA) is 53.2 Å².